The summed E-state index contributed by atoms with van der Waals surface area (Å²) in [5, 5.41) is 0. The lowest BCUT2D eigenvalue weighted by Crippen LogP contribution is -2.29. The number of hydrogen-bond acceptors (Lipinski definition) is 4. The number of carbonyl (C=O) groups is 1. The SMILES string of the molecule is CCC(=O)NS(=O)(=O)c1ccc(OC(F)(F)F)cc1. The Morgan fingerprint density at radius 1 is 1.26 bits per heavy atom. The molecule has 1 aromatic carbocycles. The first-order chi connectivity index (χ1) is 8.64. The molecular weight excluding hydrogens is 287 g/mol. The van der Waals surface area contributed by atoms with Crippen LogP contribution in [0.25, 0.3) is 0 Å². The Morgan fingerprint density at radius 2 is 1.79 bits per heavy atom. The Labute approximate surface area is 107 Å². The zero-order chi connectivity index (χ0) is 14.7. The number of rotatable bonds is 4. The third-order valence-electron chi connectivity index (χ3n) is 1.94. The van der Waals surface area contributed by atoms with Gasteiger partial charge in [0.05, 0.1) is 4.90 Å². The summed E-state index contributed by atoms with van der Waals surface area (Å²) >= 11 is 0. The Hall–Kier alpha value is -1.77. The lowest BCUT2D eigenvalue weighted by Gasteiger charge is -2.09. The Morgan fingerprint density at radius 3 is 2.21 bits per heavy atom. The molecule has 1 rings (SSSR count). The number of sulfonamides is 1. The summed E-state index contributed by atoms with van der Waals surface area (Å²) < 4.78 is 64.2. The maximum Gasteiger partial charge on any atom is 0.573 e. The van der Waals surface area contributed by atoms with E-state index >= 15 is 0 Å². The number of ether oxygens (including phenoxy) is 1. The molecule has 1 aromatic rings. The molecule has 0 unspecified atom stereocenters. The number of carbonyl (C=O) groups excluding carboxylic acids is 1. The van der Waals surface area contributed by atoms with Crippen molar-refractivity contribution < 1.29 is 31.1 Å². The van der Waals surface area contributed by atoms with Crippen molar-refractivity contribution in [1.29, 1.82) is 0 Å². The molecule has 106 valence electrons. The van der Waals surface area contributed by atoms with Crippen LogP contribution in [0.4, 0.5) is 13.2 Å². The van der Waals surface area contributed by atoms with Gasteiger partial charge in [-0.1, -0.05) is 6.92 Å². The zero-order valence-electron chi connectivity index (χ0n) is 9.69. The van der Waals surface area contributed by atoms with Gasteiger partial charge >= 0.3 is 6.36 Å². The van der Waals surface area contributed by atoms with E-state index in [1.54, 1.807) is 4.72 Å². The minimum absolute atomic E-state index is 0.0332. The Kier molecular flexibility index (Phi) is 4.40. The average molecular weight is 297 g/mol. The maximum atomic E-state index is 11.9. The summed E-state index contributed by atoms with van der Waals surface area (Å²) in [6, 6.07) is 3.51. The smallest absolute Gasteiger partial charge is 0.406 e. The van der Waals surface area contributed by atoms with Crippen molar-refractivity contribution >= 4 is 15.9 Å². The van der Waals surface area contributed by atoms with Crippen molar-refractivity contribution in [2.75, 3.05) is 0 Å². The van der Waals surface area contributed by atoms with Crippen molar-refractivity contribution in [1.82, 2.24) is 4.72 Å². The highest BCUT2D eigenvalue weighted by molar-refractivity contribution is 7.90. The quantitative estimate of drug-likeness (QED) is 0.919. The van der Waals surface area contributed by atoms with Gasteiger partial charge in [0.15, 0.2) is 0 Å². The standard InChI is InChI=1S/C10H10F3NO4S/c1-2-9(15)14-19(16,17)8-5-3-7(4-6-8)18-10(11,12)13/h3-6H,2H2,1H3,(H,14,15). The van der Waals surface area contributed by atoms with Crippen molar-refractivity contribution in [2.45, 2.75) is 24.6 Å². The van der Waals surface area contributed by atoms with E-state index in [2.05, 4.69) is 4.74 Å². The first kappa shape index (κ1) is 15.3. The third kappa shape index (κ3) is 4.78. The molecule has 0 atom stereocenters. The molecule has 0 saturated carbocycles. The number of hydrogen-bond donors (Lipinski definition) is 1. The fraction of sp³-hybridized carbons (Fsp3) is 0.300. The van der Waals surface area contributed by atoms with E-state index in [9.17, 15) is 26.4 Å². The topological polar surface area (TPSA) is 72.5 Å². The summed E-state index contributed by atoms with van der Waals surface area (Å²) in [6.07, 6.45) is -4.88. The molecule has 0 aliphatic heterocycles. The molecule has 0 radical (unpaired) electrons. The molecule has 0 fully saturated rings. The van der Waals surface area contributed by atoms with E-state index in [0.29, 0.717) is 0 Å². The van der Waals surface area contributed by atoms with Gasteiger partial charge in [-0.05, 0) is 24.3 Å². The van der Waals surface area contributed by atoms with Crippen LogP contribution >= 0.6 is 0 Å². The van der Waals surface area contributed by atoms with Crippen LogP contribution in [-0.2, 0) is 14.8 Å². The molecular formula is C10H10F3NO4S. The van der Waals surface area contributed by atoms with E-state index < -0.39 is 28.0 Å². The van der Waals surface area contributed by atoms with Crippen molar-refractivity contribution in [3.05, 3.63) is 24.3 Å². The highest BCUT2D eigenvalue weighted by atomic mass is 32.2. The van der Waals surface area contributed by atoms with E-state index in [1.165, 1.54) is 6.92 Å². The molecule has 9 heteroatoms. The minimum Gasteiger partial charge on any atom is -0.406 e. The predicted molar refractivity (Wildman–Crippen MR) is 58.7 cm³/mol. The summed E-state index contributed by atoms with van der Waals surface area (Å²) in [6.45, 7) is 1.46. The summed E-state index contributed by atoms with van der Waals surface area (Å²) in [4.78, 5) is 10.7. The van der Waals surface area contributed by atoms with Gasteiger partial charge in [-0.15, -0.1) is 13.2 Å². The highest BCUT2D eigenvalue weighted by Gasteiger charge is 2.31. The third-order valence-corrected chi connectivity index (χ3v) is 3.33. The molecule has 0 aliphatic rings. The van der Waals surface area contributed by atoms with Gasteiger partial charge in [0.25, 0.3) is 10.0 Å². The van der Waals surface area contributed by atoms with Crippen LogP contribution in [0.1, 0.15) is 13.3 Å². The number of amides is 1. The molecule has 0 saturated heterocycles. The summed E-state index contributed by atoms with van der Waals surface area (Å²) in [5.74, 6) is -1.26. The monoisotopic (exact) mass is 297 g/mol. The molecule has 0 spiro atoms. The molecule has 1 amide bonds. The number of halogens is 3. The predicted octanol–water partition coefficient (Wildman–Crippen LogP) is 1.80. The molecule has 0 heterocycles. The molecule has 0 aromatic heterocycles. The second-order valence-corrected chi connectivity index (χ2v) is 5.08. The van der Waals surface area contributed by atoms with Gasteiger partial charge in [0.1, 0.15) is 5.75 Å². The zero-order valence-corrected chi connectivity index (χ0v) is 10.5. The van der Waals surface area contributed by atoms with Gasteiger partial charge in [-0.3, -0.25) is 4.79 Å². The molecule has 0 bridgehead atoms. The molecule has 19 heavy (non-hydrogen) atoms. The van der Waals surface area contributed by atoms with E-state index in [0.717, 1.165) is 24.3 Å². The van der Waals surface area contributed by atoms with Crippen molar-refractivity contribution in [3.8, 4) is 5.75 Å². The molecule has 0 aliphatic carbocycles. The molecule has 1 N–H and O–H groups in total. The van der Waals surface area contributed by atoms with Crippen LogP contribution in [0.5, 0.6) is 5.75 Å². The first-order valence-corrected chi connectivity index (χ1v) is 6.54. The second kappa shape index (κ2) is 5.47. The van der Waals surface area contributed by atoms with Crippen LogP contribution in [0.15, 0.2) is 29.2 Å². The summed E-state index contributed by atoms with van der Waals surface area (Å²) in [7, 11) is -4.07. The fourth-order valence-electron chi connectivity index (χ4n) is 1.10. The number of nitrogens with one attached hydrogen (secondary N) is 1. The van der Waals surface area contributed by atoms with Crippen LogP contribution in [-0.4, -0.2) is 20.7 Å². The van der Waals surface area contributed by atoms with E-state index in [4.69, 9.17) is 0 Å². The van der Waals surface area contributed by atoms with Crippen LogP contribution in [0.3, 0.4) is 0 Å². The maximum absolute atomic E-state index is 11.9. The van der Waals surface area contributed by atoms with E-state index in [-0.39, 0.29) is 11.3 Å². The summed E-state index contributed by atoms with van der Waals surface area (Å²) in [5.41, 5.74) is 0. The number of benzene rings is 1. The van der Waals surface area contributed by atoms with Gasteiger partial charge in [-0.2, -0.15) is 0 Å². The van der Waals surface area contributed by atoms with Crippen LogP contribution in [0, 0.1) is 0 Å². The van der Waals surface area contributed by atoms with Crippen LogP contribution in [0.2, 0.25) is 0 Å². The lowest BCUT2D eigenvalue weighted by atomic mass is 10.3. The minimum atomic E-state index is -4.85. The van der Waals surface area contributed by atoms with Crippen molar-refractivity contribution in [3.63, 3.8) is 0 Å². The van der Waals surface area contributed by atoms with Crippen molar-refractivity contribution in [2.24, 2.45) is 0 Å². The first-order valence-electron chi connectivity index (χ1n) is 5.05. The van der Waals surface area contributed by atoms with Gasteiger partial charge in [-0.25, -0.2) is 13.1 Å². The van der Waals surface area contributed by atoms with Gasteiger partial charge < -0.3 is 4.74 Å². The highest BCUT2D eigenvalue weighted by Crippen LogP contribution is 2.23. The van der Waals surface area contributed by atoms with Gasteiger partial charge in [0.2, 0.25) is 5.91 Å². The normalized spacial score (nSPS) is 12.0. The van der Waals surface area contributed by atoms with E-state index in [1.807, 2.05) is 0 Å². The number of alkyl halides is 3. The Balaban J connectivity index is 2.90. The largest absolute Gasteiger partial charge is 0.573 e. The Bertz CT molecular complexity index is 551. The lowest BCUT2D eigenvalue weighted by molar-refractivity contribution is -0.274. The fourth-order valence-corrected chi connectivity index (χ4v) is 2.16. The molecule has 5 nitrogen and oxygen atoms in total. The average Bonchev–Trinajstić information content (AvgIpc) is 2.26. The van der Waals surface area contributed by atoms with Gasteiger partial charge in [0, 0.05) is 6.42 Å². The van der Waals surface area contributed by atoms with Crippen LogP contribution < -0.4 is 9.46 Å². The second-order valence-electron chi connectivity index (χ2n) is 3.40.